The van der Waals surface area contributed by atoms with Crippen LogP contribution in [0, 0.1) is 0 Å². The Balaban J connectivity index is 1.05. The standard InChI is InChI=1S/C48H32N2O/c1-2-12-35(13-3-1)49-43-18-7-4-15-37(43)40-28-32(21-24-45(40)49)33-22-25-46-41(29-33)38-16-5-8-19-44(38)50(46)36-14-10-11-31(27-36)34-23-26-48-42(30-34)39-17-6-9-20-47(39)51-48/h1-6,8-17,19-30H,7,18H2. The van der Waals surface area contributed by atoms with E-state index in [-0.39, 0.29) is 0 Å². The van der Waals surface area contributed by atoms with Gasteiger partial charge in [0, 0.05) is 49.6 Å². The lowest BCUT2D eigenvalue weighted by Crippen LogP contribution is -2.02. The van der Waals surface area contributed by atoms with Crippen molar-refractivity contribution in [3.63, 3.8) is 0 Å². The van der Waals surface area contributed by atoms with Crippen molar-refractivity contribution in [2.75, 3.05) is 0 Å². The number of nitrogens with zero attached hydrogens (tertiary/aromatic N) is 2. The van der Waals surface area contributed by atoms with E-state index in [0.29, 0.717) is 0 Å². The number of aromatic nitrogens is 2. The van der Waals surface area contributed by atoms with Crippen molar-refractivity contribution in [2.24, 2.45) is 0 Å². The van der Waals surface area contributed by atoms with Crippen molar-refractivity contribution in [1.82, 2.24) is 9.13 Å². The number of furan rings is 1. The highest BCUT2D eigenvalue weighted by Gasteiger charge is 2.20. The average molecular weight is 653 g/mol. The molecule has 0 unspecified atom stereocenters. The molecule has 3 nitrogen and oxygen atoms in total. The fourth-order valence-electron chi connectivity index (χ4n) is 8.43. The molecule has 10 aromatic rings. The third-order valence-corrected chi connectivity index (χ3v) is 10.8. The Hall–Kier alpha value is -6.58. The Morgan fingerprint density at radius 2 is 1.04 bits per heavy atom. The summed E-state index contributed by atoms with van der Waals surface area (Å²) in [5.74, 6) is 0. The van der Waals surface area contributed by atoms with Gasteiger partial charge in [-0.25, -0.2) is 0 Å². The molecule has 0 saturated carbocycles. The van der Waals surface area contributed by atoms with Crippen molar-refractivity contribution in [3.05, 3.63) is 175 Å². The summed E-state index contributed by atoms with van der Waals surface area (Å²) < 4.78 is 11.0. The van der Waals surface area contributed by atoms with Gasteiger partial charge >= 0.3 is 0 Å². The Labute approximate surface area is 294 Å². The Bertz CT molecular complexity index is 3020. The van der Waals surface area contributed by atoms with Crippen LogP contribution >= 0.6 is 0 Å². The van der Waals surface area contributed by atoms with E-state index in [1.807, 2.05) is 12.1 Å². The summed E-state index contributed by atoms with van der Waals surface area (Å²) in [4.78, 5) is 0. The predicted molar refractivity (Wildman–Crippen MR) is 213 cm³/mol. The molecule has 3 heterocycles. The maximum Gasteiger partial charge on any atom is 0.135 e. The molecule has 0 aliphatic heterocycles. The molecule has 240 valence electrons. The van der Waals surface area contributed by atoms with Crippen LogP contribution < -0.4 is 0 Å². The van der Waals surface area contributed by atoms with E-state index in [4.69, 9.17) is 4.42 Å². The molecule has 0 amide bonds. The van der Waals surface area contributed by atoms with Crippen molar-refractivity contribution in [2.45, 2.75) is 12.8 Å². The lowest BCUT2D eigenvalue weighted by atomic mass is 9.98. The molecule has 3 aromatic heterocycles. The molecule has 3 heteroatoms. The molecule has 0 fully saturated rings. The number of allylic oxidation sites excluding steroid dienone is 1. The molecular formula is C48H32N2O. The number of hydrogen-bond donors (Lipinski definition) is 0. The van der Waals surface area contributed by atoms with E-state index in [1.54, 1.807) is 0 Å². The summed E-state index contributed by atoms with van der Waals surface area (Å²) in [7, 11) is 0. The van der Waals surface area contributed by atoms with Crippen LogP contribution in [0.3, 0.4) is 0 Å². The zero-order valence-corrected chi connectivity index (χ0v) is 27.9. The smallest absolute Gasteiger partial charge is 0.135 e. The van der Waals surface area contributed by atoms with Gasteiger partial charge in [0.15, 0.2) is 0 Å². The van der Waals surface area contributed by atoms with Gasteiger partial charge in [0.1, 0.15) is 11.2 Å². The molecule has 1 aliphatic carbocycles. The highest BCUT2D eigenvalue weighted by Crippen LogP contribution is 2.40. The van der Waals surface area contributed by atoms with Crippen LogP contribution in [0.25, 0.3) is 94.4 Å². The van der Waals surface area contributed by atoms with Gasteiger partial charge in [0.25, 0.3) is 0 Å². The quantitative estimate of drug-likeness (QED) is 0.186. The van der Waals surface area contributed by atoms with Crippen LogP contribution in [0.2, 0.25) is 0 Å². The third-order valence-electron chi connectivity index (χ3n) is 10.8. The van der Waals surface area contributed by atoms with Crippen LogP contribution in [-0.2, 0) is 6.42 Å². The number of rotatable bonds is 4. The first-order valence-electron chi connectivity index (χ1n) is 17.7. The molecule has 0 saturated heterocycles. The van der Waals surface area contributed by atoms with Crippen molar-refractivity contribution in [1.29, 1.82) is 0 Å². The maximum atomic E-state index is 6.12. The lowest BCUT2D eigenvalue weighted by molar-refractivity contribution is 0.669. The monoisotopic (exact) mass is 652 g/mol. The summed E-state index contributed by atoms with van der Waals surface area (Å²) in [5.41, 5.74) is 15.4. The van der Waals surface area contributed by atoms with Gasteiger partial charge in [-0.2, -0.15) is 0 Å². The van der Waals surface area contributed by atoms with Gasteiger partial charge in [0.2, 0.25) is 0 Å². The van der Waals surface area contributed by atoms with Gasteiger partial charge in [-0.15, -0.1) is 0 Å². The van der Waals surface area contributed by atoms with Gasteiger partial charge in [-0.3, -0.25) is 0 Å². The second-order valence-electron chi connectivity index (χ2n) is 13.6. The minimum atomic E-state index is 0.915. The van der Waals surface area contributed by atoms with Gasteiger partial charge in [0.05, 0.1) is 16.6 Å². The SMILES string of the molecule is C1=Cc2c(n(-c3ccccc3)c3ccc(-c4ccc5c(c4)c4ccccc4n5-c4cccc(-c5ccc6oc7ccccc7c6c5)c4)cc23)CC1. The second-order valence-corrected chi connectivity index (χ2v) is 13.6. The summed E-state index contributed by atoms with van der Waals surface area (Å²) in [6.07, 6.45) is 6.76. The average Bonchev–Trinajstić information content (AvgIpc) is 3.85. The van der Waals surface area contributed by atoms with Crippen molar-refractivity contribution >= 4 is 60.7 Å². The minimum Gasteiger partial charge on any atom is -0.456 e. The first-order chi connectivity index (χ1) is 25.3. The van der Waals surface area contributed by atoms with Gasteiger partial charge in [-0.05, 0) is 108 Å². The number of benzene rings is 7. The molecule has 0 spiro atoms. The third kappa shape index (κ3) is 4.31. The lowest BCUT2D eigenvalue weighted by Gasteiger charge is -2.13. The van der Waals surface area contributed by atoms with Crippen LogP contribution in [0.4, 0.5) is 0 Å². The Kier molecular flexibility index (Phi) is 6.08. The van der Waals surface area contributed by atoms with Crippen LogP contribution in [0.15, 0.2) is 168 Å². The normalized spacial score (nSPS) is 12.9. The first kappa shape index (κ1) is 28.3. The molecule has 0 N–H and O–H groups in total. The zero-order valence-electron chi connectivity index (χ0n) is 27.9. The Morgan fingerprint density at radius 1 is 0.412 bits per heavy atom. The molecular weight excluding hydrogens is 621 g/mol. The number of hydrogen-bond acceptors (Lipinski definition) is 1. The van der Waals surface area contributed by atoms with Gasteiger partial charge < -0.3 is 13.6 Å². The van der Waals surface area contributed by atoms with Crippen LogP contribution in [0.1, 0.15) is 17.7 Å². The Morgan fingerprint density at radius 3 is 1.90 bits per heavy atom. The van der Waals surface area contributed by atoms with Gasteiger partial charge in [-0.1, -0.05) is 97.1 Å². The summed E-state index contributed by atoms with van der Waals surface area (Å²) in [5, 5.41) is 6.10. The van der Waals surface area contributed by atoms with E-state index >= 15 is 0 Å². The molecule has 0 bridgehead atoms. The fourth-order valence-corrected chi connectivity index (χ4v) is 8.43. The van der Waals surface area contributed by atoms with E-state index < -0.39 is 0 Å². The molecule has 0 radical (unpaired) electrons. The zero-order chi connectivity index (χ0) is 33.5. The molecule has 11 rings (SSSR count). The van der Waals surface area contributed by atoms with Crippen LogP contribution in [0.5, 0.6) is 0 Å². The molecule has 51 heavy (non-hydrogen) atoms. The highest BCUT2D eigenvalue weighted by molar-refractivity contribution is 6.11. The minimum absolute atomic E-state index is 0.915. The maximum absolute atomic E-state index is 6.12. The fraction of sp³-hybridized carbons (Fsp3) is 0.0417. The number of para-hydroxylation sites is 3. The molecule has 1 aliphatic rings. The first-order valence-corrected chi connectivity index (χ1v) is 17.7. The summed E-state index contributed by atoms with van der Waals surface area (Å²) in [6, 6.07) is 57.2. The predicted octanol–water partition coefficient (Wildman–Crippen LogP) is 12.9. The topological polar surface area (TPSA) is 23.0 Å². The largest absolute Gasteiger partial charge is 0.456 e. The summed E-state index contributed by atoms with van der Waals surface area (Å²) >= 11 is 0. The van der Waals surface area contributed by atoms with E-state index in [2.05, 4.69) is 167 Å². The van der Waals surface area contributed by atoms with E-state index in [1.165, 1.54) is 71.9 Å². The van der Waals surface area contributed by atoms with Crippen molar-refractivity contribution < 1.29 is 4.42 Å². The van der Waals surface area contributed by atoms with E-state index in [0.717, 1.165) is 40.5 Å². The summed E-state index contributed by atoms with van der Waals surface area (Å²) in [6.45, 7) is 0. The highest BCUT2D eigenvalue weighted by atomic mass is 16.3. The number of fused-ring (bicyclic) bond motifs is 9. The molecule has 7 aromatic carbocycles. The molecule has 0 atom stereocenters. The second kappa shape index (κ2) is 11.0. The van der Waals surface area contributed by atoms with Crippen LogP contribution in [-0.4, -0.2) is 9.13 Å². The van der Waals surface area contributed by atoms with E-state index in [9.17, 15) is 0 Å². The van der Waals surface area contributed by atoms with Crippen molar-refractivity contribution in [3.8, 4) is 33.6 Å².